The Morgan fingerprint density at radius 2 is 2.29 bits per heavy atom. The van der Waals surface area contributed by atoms with Crippen molar-refractivity contribution in [1.82, 2.24) is 5.01 Å². The van der Waals surface area contributed by atoms with Gasteiger partial charge in [-0.3, -0.25) is 9.80 Å². The highest BCUT2D eigenvalue weighted by atomic mass is 16.5. The maximum Gasteiger partial charge on any atom is 0.229 e. The van der Waals surface area contributed by atoms with Crippen LogP contribution in [-0.4, -0.2) is 41.5 Å². The van der Waals surface area contributed by atoms with Crippen LogP contribution in [0.3, 0.4) is 0 Å². The molecule has 0 spiro atoms. The first kappa shape index (κ1) is 12.3. The molecule has 4 N–H and O–H groups in total. The van der Waals surface area contributed by atoms with Crippen molar-refractivity contribution >= 4 is 12.1 Å². The maximum absolute atomic E-state index is 11.2. The van der Waals surface area contributed by atoms with Crippen molar-refractivity contribution in [1.29, 1.82) is 0 Å². The largest absolute Gasteiger partial charge is 0.375 e. The number of nitrogens with two attached hydrogens (primary N) is 2. The monoisotopic (exact) mass is 240 g/mol. The lowest BCUT2D eigenvalue weighted by Crippen LogP contribution is -2.52. The molecular weight excluding hydrogens is 220 g/mol. The van der Waals surface area contributed by atoms with E-state index in [1.54, 1.807) is 11.2 Å². The third-order valence-electron chi connectivity index (χ3n) is 3.41. The normalized spacial score (nSPS) is 36.2. The van der Waals surface area contributed by atoms with Gasteiger partial charge in [0, 0.05) is 12.8 Å². The summed E-state index contributed by atoms with van der Waals surface area (Å²) in [5.74, 6) is -0.906. The Morgan fingerprint density at radius 1 is 1.59 bits per heavy atom. The van der Waals surface area contributed by atoms with E-state index >= 15 is 0 Å². The van der Waals surface area contributed by atoms with E-state index in [1.165, 1.54) is 0 Å². The highest BCUT2D eigenvalue weighted by molar-refractivity contribution is 5.93. The van der Waals surface area contributed by atoms with E-state index in [9.17, 15) is 4.79 Å². The molecule has 0 radical (unpaired) electrons. The van der Waals surface area contributed by atoms with Crippen molar-refractivity contribution < 1.29 is 9.53 Å². The smallest absolute Gasteiger partial charge is 0.229 e. The molecule has 0 aromatic rings. The van der Waals surface area contributed by atoms with Crippen LogP contribution in [0.5, 0.6) is 0 Å². The molecule has 17 heavy (non-hydrogen) atoms. The highest BCUT2D eigenvalue weighted by Crippen LogP contribution is 2.30. The summed E-state index contributed by atoms with van der Waals surface area (Å²) in [6, 6.07) is 0.217. The first-order valence-corrected chi connectivity index (χ1v) is 5.92. The maximum atomic E-state index is 11.2. The van der Waals surface area contributed by atoms with Gasteiger partial charge in [-0.2, -0.15) is 5.10 Å². The predicted octanol–water partition coefficient (Wildman–Crippen LogP) is -0.368. The number of nitrogens with zero attached hydrogens (tertiary/aromatic N) is 2. The molecule has 1 fully saturated rings. The number of carbonyl (C=O) groups is 1. The fraction of sp³-hybridized carbons (Fsp3) is 0.818. The summed E-state index contributed by atoms with van der Waals surface area (Å²) in [4.78, 5) is 11.2. The standard InChI is InChI=1S/C11H20N4O2/c1-11(2)5-7(3-4-17-11)15-9(12)8(6-14-15)10(13)16/h6-9H,3-5,12H2,1-2H3,(H2,13,16). The molecule has 0 aromatic heterocycles. The van der Waals surface area contributed by atoms with Crippen molar-refractivity contribution in [2.24, 2.45) is 22.5 Å². The number of primary amides is 1. The van der Waals surface area contributed by atoms with E-state index in [4.69, 9.17) is 16.2 Å². The lowest BCUT2D eigenvalue weighted by molar-refractivity contribution is -0.122. The molecule has 2 aliphatic rings. The van der Waals surface area contributed by atoms with E-state index in [0.29, 0.717) is 6.61 Å². The number of rotatable bonds is 2. The van der Waals surface area contributed by atoms with Crippen molar-refractivity contribution in [3.05, 3.63) is 0 Å². The Balaban J connectivity index is 2.05. The van der Waals surface area contributed by atoms with E-state index in [1.807, 2.05) is 0 Å². The van der Waals surface area contributed by atoms with Gasteiger partial charge in [0.2, 0.25) is 5.91 Å². The number of hydrazone groups is 1. The molecule has 6 nitrogen and oxygen atoms in total. The number of amides is 1. The molecule has 3 unspecified atom stereocenters. The second-order valence-corrected chi connectivity index (χ2v) is 5.32. The van der Waals surface area contributed by atoms with Crippen LogP contribution in [0.2, 0.25) is 0 Å². The molecule has 1 saturated heterocycles. The van der Waals surface area contributed by atoms with Crippen molar-refractivity contribution in [3.8, 4) is 0 Å². The molecule has 2 heterocycles. The summed E-state index contributed by atoms with van der Waals surface area (Å²) in [6.45, 7) is 4.80. The molecule has 0 saturated carbocycles. The number of hydrogen-bond donors (Lipinski definition) is 2. The van der Waals surface area contributed by atoms with Gasteiger partial charge in [0.05, 0.1) is 11.6 Å². The van der Waals surface area contributed by atoms with Gasteiger partial charge < -0.3 is 16.2 Å². The third kappa shape index (κ3) is 2.42. The van der Waals surface area contributed by atoms with Gasteiger partial charge in [-0.1, -0.05) is 0 Å². The molecule has 0 aromatic carbocycles. The van der Waals surface area contributed by atoms with E-state index in [2.05, 4.69) is 18.9 Å². The lowest BCUT2D eigenvalue weighted by atomic mass is 9.93. The molecular formula is C11H20N4O2. The van der Waals surface area contributed by atoms with Gasteiger partial charge in [0.1, 0.15) is 12.1 Å². The summed E-state index contributed by atoms with van der Waals surface area (Å²) < 4.78 is 5.65. The second-order valence-electron chi connectivity index (χ2n) is 5.32. The minimum atomic E-state index is -0.485. The molecule has 0 aliphatic carbocycles. The average Bonchev–Trinajstić information content (AvgIpc) is 2.58. The zero-order valence-corrected chi connectivity index (χ0v) is 10.3. The van der Waals surface area contributed by atoms with E-state index in [-0.39, 0.29) is 11.6 Å². The average molecular weight is 240 g/mol. The zero-order valence-electron chi connectivity index (χ0n) is 10.3. The minimum absolute atomic E-state index is 0.164. The Kier molecular flexibility index (Phi) is 3.09. The SMILES string of the molecule is CC1(C)CC(N2N=CC(C(N)=O)C2N)CCO1. The Labute approximate surface area is 101 Å². The Hall–Kier alpha value is -1.14. The second kappa shape index (κ2) is 4.27. The van der Waals surface area contributed by atoms with Gasteiger partial charge in [-0.15, -0.1) is 0 Å². The number of ether oxygens (including phenoxy) is 1. The molecule has 0 bridgehead atoms. The van der Waals surface area contributed by atoms with Gasteiger partial charge in [-0.25, -0.2) is 0 Å². The van der Waals surface area contributed by atoms with Crippen molar-refractivity contribution in [2.75, 3.05) is 6.61 Å². The van der Waals surface area contributed by atoms with Crippen molar-refractivity contribution in [2.45, 2.75) is 44.5 Å². The summed E-state index contributed by atoms with van der Waals surface area (Å²) in [5.41, 5.74) is 11.1. The van der Waals surface area contributed by atoms with Crippen LogP contribution < -0.4 is 11.5 Å². The fourth-order valence-electron chi connectivity index (χ4n) is 2.48. The van der Waals surface area contributed by atoms with Gasteiger partial charge in [0.15, 0.2) is 0 Å². The molecule has 2 rings (SSSR count). The minimum Gasteiger partial charge on any atom is -0.375 e. The molecule has 6 heteroatoms. The summed E-state index contributed by atoms with van der Waals surface area (Å²) in [7, 11) is 0. The quantitative estimate of drug-likeness (QED) is 0.688. The molecule has 2 aliphatic heterocycles. The van der Waals surface area contributed by atoms with Crippen LogP contribution in [0.4, 0.5) is 0 Å². The third-order valence-corrected chi connectivity index (χ3v) is 3.41. The molecule has 1 amide bonds. The van der Waals surface area contributed by atoms with Gasteiger partial charge in [0.25, 0.3) is 0 Å². The van der Waals surface area contributed by atoms with Crippen LogP contribution in [0, 0.1) is 5.92 Å². The Morgan fingerprint density at radius 3 is 2.82 bits per heavy atom. The van der Waals surface area contributed by atoms with Gasteiger partial charge >= 0.3 is 0 Å². The van der Waals surface area contributed by atoms with Crippen LogP contribution in [0.1, 0.15) is 26.7 Å². The zero-order chi connectivity index (χ0) is 12.6. The van der Waals surface area contributed by atoms with Crippen molar-refractivity contribution in [3.63, 3.8) is 0 Å². The first-order chi connectivity index (χ1) is 7.91. The van der Waals surface area contributed by atoms with Crippen LogP contribution in [0.25, 0.3) is 0 Å². The summed E-state index contributed by atoms with van der Waals surface area (Å²) in [5, 5.41) is 6.04. The molecule has 96 valence electrons. The van der Waals surface area contributed by atoms with Crippen LogP contribution in [-0.2, 0) is 9.53 Å². The first-order valence-electron chi connectivity index (χ1n) is 5.92. The summed E-state index contributed by atoms with van der Waals surface area (Å²) >= 11 is 0. The topological polar surface area (TPSA) is 93.9 Å². The van der Waals surface area contributed by atoms with E-state index < -0.39 is 18.0 Å². The predicted molar refractivity (Wildman–Crippen MR) is 64.0 cm³/mol. The van der Waals surface area contributed by atoms with Crippen LogP contribution in [0.15, 0.2) is 5.10 Å². The molecule has 3 atom stereocenters. The highest BCUT2D eigenvalue weighted by Gasteiger charge is 2.39. The summed E-state index contributed by atoms with van der Waals surface area (Å²) in [6.07, 6.45) is 2.84. The van der Waals surface area contributed by atoms with E-state index in [0.717, 1.165) is 12.8 Å². The fourth-order valence-corrected chi connectivity index (χ4v) is 2.48. The lowest BCUT2D eigenvalue weighted by Gasteiger charge is -2.40. The van der Waals surface area contributed by atoms with Gasteiger partial charge in [-0.05, 0) is 26.7 Å². The Bertz CT molecular complexity index is 342. The number of carbonyl (C=O) groups excluding carboxylic acids is 1. The van der Waals surface area contributed by atoms with Crippen LogP contribution >= 0.6 is 0 Å². The number of hydrogen-bond acceptors (Lipinski definition) is 5.